The number of nitrogens with zero attached hydrogens (tertiary/aromatic N) is 1. The molecule has 1 saturated heterocycles. The lowest BCUT2D eigenvalue weighted by molar-refractivity contribution is -0.139. The molecule has 3 rings (SSSR count). The number of piperazine rings is 1. The van der Waals surface area contributed by atoms with Gasteiger partial charge in [0.05, 0.1) is 5.56 Å². The van der Waals surface area contributed by atoms with Crippen LogP contribution in [0.1, 0.15) is 34.5 Å². The number of amides is 3. The van der Waals surface area contributed by atoms with Crippen molar-refractivity contribution in [3.8, 4) is 0 Å². The molecule has 0 spiro atoms. The minimum Gasteiger partial charge on any atom is -0.352 e. The fourth-order valence-electron chi connectivity index (χ4n) is 3.17. The second-order valence-corrected chi connectivity index (χ2v) is 6.54. The van der Waals surface area contributed by atoms with Gasteiger partial charge in [0.25, 0.3) is 0 Å². The normalized spacial score (nSPS) is 16.9. The standard InChI is InChI=1S/C20H18F3N3O3/c1-12(27)13-6-8-14(9-7-13)25-19(29)26-11-10-24-18(28)17(26)15-4-2-3-5-16(15)20(21,22)23/h2-9,17H,10-11H2,1H3,(H,24,28)(H,25,29)/t17-/m1/s1. The number of nitrogens with one attached hydrogen (secondary N) is 2. The Labute approximate surface area is 164 Å². The van der Waals surface area contributed by atoms with Crippen LogP contribution in [0.2, 0.25) is 0 Å². The van der Waals surface area contributed by atoms with Crippen LogP contribution in [-0.4, -0.2) is 35.7 Å². The molecule has 0 aromatic heterocycles. The fraction of sp³-hybridized carbons (Fsp3) is 0.250. The van der Waals surface area contributed by atoms with Crippen molar-refractivity contribution < 1.29 is 27.6 Å². The molecule has 0 radical (unpaired) electrons. The van der Waals surface area contributed by atoms with Gasteiger partial charge in [-0.05, 0) is 42.8 Å². The highest BCUT2D eigenvalue weighted by molar-refractivity contribution is 5.97. The van der Waals surface area contributed by atoms with E-state index in [4.69, 9.17) is 0 Å². The molecular formula is C20H18F3N3O3. The average Bonchev–Trinajstić information content (AvgIpc) is 2.67. The summed E-state index contributed by atoms with van der Waals surface area (Å²) in [5.41, 5.74) is -0.448. The molecule has 1 fully saturated rings. The zero-order valence-corrected chi connectivity index (χ0v) is 15.4. The predicted molar refractivity (Wildman–Crippen MR) is 99.4 cm³/mol. The number of halogens is 3. The minimum absolute atomic E-state index is 0.0416. The van der Waals surface area contributed by atoms with E-state index in [9.17, 15) is 27.6 Å². The van der Waals surface area contributed by atoms with Gasteiger partial charge in [0.2, 0.25) is 5.91 Å². The van der Waals surface area contributed by atoms with Crippen LogP contribution in [-0.2, 0) is 11.0 Å². The molecule has 152 valence electrons. The van der Waals surface area contributed by atoms with Crippen LogP contribution < -0.4 is 10.6 Å². The highest BCUT2D eigenvalue weighted by atomic mass is 19.4. The highest BCUT2D eigenvalue weighted by Crippen LogP contribution is 2.37. The van der Waals surface area contributed by atoms with Crippen LogP contribution in [0.25, 0.3) is 0 Å². The lowest BCUT2D eigenvalue weighted by Gasteiger charge is -2.36. The summed E-state index contributed by atoms with van der Waals surface area (Å²) in [6.07, 6.45) is -4.67. The molecule has 3 amide bonds. The summed E-state index contributed by atoms with van der Waals surface area (Å²) in [5, 5.41) is 5.08. The van der Waals surface area contributed by atoms with E-state index in [1.165, 1.54) is 49.4 Å². The molecule has 2 aromatic carbocycles. The van der Waals surface area contributed by atoms with Gasteiger partial charge in [0.15, 0.2) is 5.78 Å². The summed E-state index contributed by atoms with van der Waals surface area (Å²) in [5.74, 6) is -0.825. The predicted octanol–water partition coefficient (Wildman–Crippen LogP) is 3.61. The smallest absolute Gasteiger partial charge is 0.352 e. The maximum atomic E-state index is 13.4. The first-order chi connectivity index (χ1) is 13.7. The van der Waals surface area contributed by atoms with Crippen molar-refractivity contribution >= 4 is 23.4 Å². The largest absolute Gasteiger partial charge is 0.416 e. The van der Waals surface area contributed by atoms with E-state index in [-0.39, 0.29) is 24.4 Å². The van der Waals surface area contributed by atoms with Crippen molar-refractivity contribution in [2.75, 3.05) is 18.4 Å². The number of carbonyl (C=O) groups excluding carboxylic acids is 3. The molecule has 1 atom stereocenters. The van der Waals surface area contributed by atoms with Crippen molar-refractivity contribution in [3.63, 3.8) is 0 Å². The molecule has 0 saturated carbocycles. The van der Waals surface area contributed by atoms with Gasteiger partial charge < -0.3 is 15.5 Å². The molecule has 0 aliphatic carbocycles. The number of benzene rings is 2. The van der Waals surface area contributed by atoms with Crippen LogP contribution in [0.3, 0.4) is 0 Å². The summed E-state index contributed by atoms with van der Waals surface area (Å²) >= 11 is 0. The molecular weight excluding hydrogens is 387 g/mol. The Morgan fingerprint density at radius 2 is 1.76 bits per heavy atom. The number of anilines is 1. The van der Waals surface area contributed by atoms with Crippen LogP contribution in [0, 0.1) is 0 Å². The van der Waals surface area contributed by atoms with Gasteiger partial charge in [0, 0.05) is 24.3 Å². The first-order valence-electron chi connectivity index (χ1n) is 8.81. The molecule has 2 aromatic rings. The molecule has 0 unspecified atom stereocenters. The number of carbonyl (C=O) groups is 3. The number of rotatable bonds is 3. The zero-order valence-electron chi connectivity index (χ0n) is 15.4. The maximum Gasteiger partial charge on any atom is 0.416 e. The van der Waals surface area contributed by atoms with Crippen LogP contribution >= 0.6 is 0 Å². The Bertz CT molecular complexity index is 942. The van der Waals surface area contributed by atoms with Crippen molar-refractivity contribution in [2.45, 2.75) is 19.1 Å². The highest BCUT2D eigenvalue weighted by Gasteiger charge is 2.41. The third-order valence-electron chi connectivity index (χ3n) is 4.58. The first kappa shape index (κ1) is 20.4. The Hall–Kier alpha value is -3.36. The lowest BCUT2D eigenvalue weighted by Crippen LogP contribution is -2.53. The van der Waals surface area contributed by atoms with E-state index >= 15 is 0 Å². The average molecular weight is 405 g/mol. The number of ketones is 1. The van der Waals surface area contributed by atoms with Gasteiger partial charge in [0.1, 0.15) is 6.04 Å². The summed E-state index contributed by atoms with van der Waals surface area (Å²) < 4.78 is 40.3. The summed E-state index contributed by atoms with van der Waals surface area (Å²) in [6.45, 7) is 1.57. The maximum absolute atomic E-state index is 13.4. The van der Waals surface area contributed by atoms with Gasteiger partial charge in [-0.25, -0.2) is 4.79 Å². The minimum atomic E-state index is -4.67. The van der Waals surface area contributed by atoms with E-state index in [0.29, 0.717) is 11.3 Å². The Morgan fingerprint density at radius 1 is 1.10 bits per heavy atom. The number of hydrogen-bond acceptors (Lipinski definition) is 3. The van der Waals surface area contributed by atoms with E-state index in [0.717, 1.165) is 11.0 Å². The number of alkyl halides is 3. The third-order valence-corrected chi connectivity index (χ3v) is 4.58. The SMILES string of the molecule is CC(=O)c1ccc(NC(=O)N2CCNC(=O)[C@H]2c2ccccc2C(F)(F)F)cc1. The third kappa shape index (κ3) is 4.39. The van der Waals surface area contributed by atoms with Gasteiger partial charge in [-0.3, -0.25) is 9.59 Å². The Morgan fingerprint density at radius 3 is 2.38 bits per heavy atom. The topological polar surface area (TPSA) is 78.5 Å². The monoisotopic (exact) mass is 405 g/mol. The number of Topliss-reactive ketones (excluding diaryl/α,β-unsaturated/α-hetero) is 1. The summed E-state index contributed by atoms with van der Waals surface area (Å²) in [6, 6.07) is 8.64. The molecule has 1 aliphatic rings. The molecule has 2 N–H and O–H groups in total. The van der Waals surface area contributed by atoms with E-state index < -0.39 is 29.7 Å². The number of hydrogen-bond donors (Lipinski definition) is 2. The Kier molecular flexibility index (Phi) is 5.58. The van der Waals surface area contributed by atoms with Gasteiger partial charge >= 0.3 is 12.2 Å². The van der Waals surface area contributed by atoms with E-state index in [1.807, 2.05) is 0 Å². The van der Waals surface area contributed by atoms with Crippen molar-refractivity contribution in [1.29, 1.82) is 0 Å². The molecule has 0 bridgehead atoms. The first-order valence-corrected chi connectivity index (χ1v) is 8.81. The number of urea groups is 1. The van der Waals surface area contributed by atoms with Crippen LogP contribution in [0.4, 0.5) is 23.7 Å². The van der Waals surface area contributed by atoms with Gasteiger partial charge in [-0.2, -0.15) is 13.2 Å². The van der Waals surface area contributed by atoms with E-state index in [2.05, 4.69) is 10.6 Å². The molecule has 1 heterocycles. The van der Waals surface area contributed by atoms with Crippen molar-refractivity contribution in [1.82, 2.24) is 10.2 Å². The van der Waals surface area contributed by atoms with E-state index in [1.54, 1.807) is 0 Å². The summed E-state index contributed by atoms with van der Waals surface area (Å²) in [4.78, 5) is 37.6. The second-order valence-electron chi connectivity index (χ2n) is 6.54. The molecule has 29 heavy (non-hydrogen) atoms. The molecule has 1 aliphatic heterocycles. The van der Waals surface area contributed by atoms with Crippen LogP contribution in [0.5, 0.6) is 0 Å². The summed E-state index contributed by atoms with van der Waals surface area (Å²) in [7, 11) is 0. The van der Waals surface area contributed by atoms with Gasteiger partial charge in [-0.15, -0.1) is 0 Å². The quantitative estimate of drug-likeness (QED) is 0.766. The second kappa shape index (κ2) is 7.94. The van der Waals surface area contributed by atoms with Crippen molar-refractivity contribution in [3.05, 3.63) is 65.2 Å². The lowest BCUT2D eigenvalue weighted by atomic mass is 9.96. The van der Waals surface area contributed by atoms with Crippen molar-refractivity contribution in [2.24, 2.45) is 0 Å². The molecule has 6 nitrogen and oxygen atoms in total. The van der Waals surface area contributed by atoms with Crippen LogP contribution in [0.15, 0.2) is 48.5 Å². The molecule has 9 heteroatoms. The fourth-order valence-corrected chi connectivity index (χ4v) is 3.17. The Balaban J connectivity index is 1.90. The zero-order chi connectivity index (χ0) is 21.2. The van der Waals surface area contributed by atoms with Gasteiger partial charge in [-0.1, -0.05) is 18.2 Å².